The molecule has 3 rings (SSSR count). The molecule has 0 saturated carbocycles. The Morgan fingerprint density at radius 1 is 1.38 bits per heavy atom. The molecular weight excluding hydrogens is 241 g/mol. The predicted octanol–water partition coefficient (Wildman–Crippen LogP) is 4.00. The van der Waals surface area contributed by atoms with Crippen molar-refractivity contribution in [2.24, 2.45) is 0 Å². The predicted molar refractivity (Wildman–Crippen MR) is 67.5 cm³/mol. The van der Waals surface area contributed by atoms with Crippen LogP contribution in [0.3, 0.4) is 0 Å². The number of halogens is 1. The number of benzene rings is 1. The van der Waals surface area contributed by atoms with Gasteiger partial charge in [-0.1, -0.05) is 29.8 Å². The van der Waals surface area contributed by atoms with Gasteiger partial charge in [-0.25, -0.2) is 4.67 Å². The maximum Gasteiger partial charge on any atom is 0.207 e. The summed E-state index contributed by atoms with van der Waals surface area (Å²) in [6.07, 6.45) is 2.65. The summed E-state index contributed by atoms with van der Waals surface area (Å²) in [6.45, 7) is 3.21. The highest BCUT2D eigenvalue weighted by Crippen LogP contribution is 2.62. The van der Waals surface area contributed by atoms with Crippen LogP contribution in [-0.4, -0.2) is 17.3 Å². The second kappa shape index (κ2) is 4.27. The van der Waals surface area contributed by atoms with Crippen LogP contribution in [0, 0.1) is 6.92 Å². The summed E-state index contributed by atoms with van der Waals surface area (Å²) in [5, 5.41) is 0. The van der Waals surface area contributed by atoms with Gasteiger partial charge in [0.15, 0.2) is 0 Å². The van der Waals surface area contributed by atoms with E-state index in [1.54, 1.807) is 0 Å². The summed E-state index contributed by atoms with van der Waals surface area (Å²) in [5.74, 6) is 0. The summed E-state index contributed by atoms with van der Waals surface area (Å²) in [6, 6.07) is 9.13. The van der Waals surface area contributed by atoms with Crippen molar-refractivity contribution >= 4 is 18.9 Å². The Morgan fingerprint density at radius 3 is 2.88 bits per heavy atom. The molecule has 2 fully saturated rings. The number of hydrogen-bond acceptors (Lipinski definition) is 2. The molecule has 0 aliphatic carbocycles. The van der Waals surface area contributed by atoms with Crippen molar-refractivity contribution in [1.29, 1.82) is 0 Å². The Morgan fingerprint density at radius 2 is 2.12 bits per heavy atom. The Labute approximate surface area is 102 Å². The monoisotopic (exact) mass is 255 g/mol. The van der Waals surface area contributed by atoms with Crippen LogP contribution in [0.5, 0.6) is 0 Å². The van der Waals surface area contributed by atoms with Crippen LogP contribution in [0.2, 0.25) is 0 Å². The highest BCUT2D eigenvalue weighted by molar-refractivity contribution is 7.78. The molecular formula is C12H15ClNOP. The van der Waals surface area contributed by atoms with Gasteiger partial charge in [-0.15, -0.1) is 0 Å². The highest BCUT2D eigenvalue weighted by Gasteiger charge is 2.45. The van der Waals surface area contributed by atoms with E-state index in [4.69, 9.17) is 15.8 Å². The summed E-state index contributed by atoms with van der Waals surface area (Å²) in [7, 11) is -0.870. The lowest BCUT2D eigenvalue weighted by atomic mass is 10.0. The van der Waals surface area contributed by atoms with Crippen LogP contribution in [-0.2, 0) is 4.52 Å². The highest BCUT2D eigenvalue weighted by atomic mass is 35.7. The van der Waals surface area contributed by atoms with Gasteiger partial charge in [0.25, 0.3) is 0 Å². The molecule has 1 aromatic rings. The average molecular weight is 256 g/mol. The van der Waals surface area contributed by atoms with Crippen molar-refractivity contribution in [1.82, 2.24) is 4.67 Å². The second-order valence-corrected chi connectivity index (χ2v) is 6.58. The molecule has 0 spiro atoms. The molecule has 3 atom stereocenters. The van der Waals surface area contributed by atoms with E-state index in [9.17, 15) is 0 Å². The van der Waals surface area contributed by atoms with Gasteiger partial charge >= 0.3 is 0 Å². The van der Waals surface area contributed by atoms with Gasteiger partial charge in [-0.2, -0.15) is 0 Å². The third kappa shape index (κ3) is 1.78. The van der Waals surface area contributed by atoms with E-state index in [2.05, 4.69) is 35.9 Å². The van der Waals surface area contributed by atoms with Gasteiger partial charge in [-0.05, 0) is 36.6 Å². The molecule has 2 saturated heterocycles. The molecule has 2 nitrogen and oxygen atoms in total. The first-order valence-corrected chi connectivity index (χ1v) is 7.83. The minimum absolute atomic E-state index is 0.187. The molecule has 4 heteroatoms. The van der Waals surface area contributed by atoms with Crippen molar-refractivity contribution in [3.8, 4) is 0 Å². The van der Waals surface area contributed by atoms with Crippen molar-refractivity contribution in [2.45, 2.75) is 31.9 Å². The Kier molecular flexibility index (Phi) is 2.93. The topological polar surface area (TPSA) is 12.5 Å². The first kappa shape index (κ1) is 11.0. The number of fused-ring (bicyclic) bond motifs is 1. The second-order valence-electron chi connectivity index (χ2n) is 4.54. The standard InChI is InChI=1S/C12H15ClNOP/c1-9-4-6-10(7-5-9)12-11-3-2-8-14(11)16(13)15-12/h4-7,11-12H,2-3,8H2,1H3/t11-,12+,16?/m0/s1. The SMILES string of the molecule is Cc1ccc([C@H]2OP(Cl)N3CCC[C@@H]23)cc1. The van der Waals surface area contributed by atoms with E-state index in [0.717, 1.165) is 6.54 Å². The van der Waals surface area contributed by atoms with E-state index < -0.39 is 7.65 Å². The minimum atomic E-state index is -0.870. The zero-order valence-corrected chi connectivity index (χ0v) is 10.9. The Hall–Kier alpha value is -0.140. The zero-order chi connectivity index (χ0) is 11.1. The average Bonchev–Trinajstić information content (AvgIpc) is 2.84. The fraction of sp³-hybridized carbons (Fsp3) is 0.500. The van der Waals surface area contributed by atoms with Gasteiger partial charge in [-0.3, -0.25) is 0 Å². The maximum absolute atomic E-state index is 6.26. The van der Waals surface area contributed by atoms with Gasteiger partial charge < -0.3 is 4.52 Å². The summed E-state index contributed by atoms with van der Waals surface area (Å²) < 4.78 is 8.25. The molecule has 16 heavy (non-hydrogen) atoms. The van der Waals surface area contributed by atoms with Crippen LogP contribution in [0.4, 0.5) is 0 Å². The molecule has 0 aromatic heterocycles. The largest absolute Gasteiger partial charge is 0.322 e. The molecule has 0 bridgehead atoms. The van der Waals surface area contributed by atoms with Gasteiger partial charge in [0.05, 0.1) is 0 Å². The molecule has 0 N–H and O–H groups in total. The van der Waals surface area contributed by atoms with Gasteiger partial charge in [0.2, 0.25) is 7.65 Å². The lowest BCUT2D eigenvalue weighted by Gasteiger charge is -2.17. The quantitative estimate of drug-likeness (QED) is 0.704. The van der Waals surface area contributed by atoms with Crippen LogP contribution in [0.25, 0.3) is 0 Å². The van der Waals surface area contributed by atoms with E-state index in [1.807, 2.05) is 0 Å². The molecule has 86 valence electrons. The fourth-order valence-electron chi connectivity index (χ4n) is 2.54. The van der Waals surface area contributed by atoms with Crippen molar-refractivity contribution < 1.29 is 4.52 Å². The van der Waals surface area contributed by atoms with Gasteiger partial charge in [0.1, 0.15) is 6.10 Å². The summed E-state index contributed by atoms with van der Waals surface area (Å²) >= 11 is 6.26. The Balaban J connectivity index is 1.87. The lowest BCUT2D eigenvalue weighted by Crippen LogP contribution is -2.21. The zero-order valence-electron chi connectivity index (χ0n) is 9.27. The van der Waals surface area contributed by atoms with Crippen molar-refractivity contribution in [3.05, 3.63) is 35.4 Å². The molecule has 1 aromatic carbocycles. The Bertz CT molecular complexity index is 383. The third-order valence-electron chi connectivity index (χ3n) is 3.43. The van der Waals surface area contributed by atoms with Crippen LogP contribution in [0.1, 0.15) is 30.1 Å². The summed E-state index contributed by atoms with van der Waals surface area (Å²) in [4.78, 5) is 0. The third-order valence-corrected chi connectivity index (χ3v) is 5.55. The van der Waals surface area contributed by atoms with E-state index in [1.165, 1.54) is 24.0 Å². The summed E-state index contributed by atoms with van der Waals surface area (Å²) in [5.41, 5.74) is 2.56. The van der Waals surface area contributed by atoms with Crippen LogP contribution in [0.15, 0.2) is 24.3 Å². The first-order chi connectivity index (χ1) is 7.75. The molecule has 2 aliphatic heterocycles. The van der Waals surface area contributed by atoms with E-state index >= 15 is 0 Å². The molecule has 0 amide bonds. The van der Waals surface area contributed by atoms with Crippen molar-refractivity contribution in [3.63, 3.8) is 0 Å². The minimum Gasteiger partial charge on any atom is -0.322 e. The lowest BCUT2D eigenvalue weighted by molar-refractivity contribution is 0.216. The number of nitrogens with zero attached hydrogens (tertiary/aromatic N) is 1. The first-order valence-electron chi connectivity index (χ1n) is 5.71. The molecule has 2 heterocycles. The maximum atomic E-state index is 6.26. The van der Waals surface area contributed by atoms with Crippen LogP contribution < -0.4 is 0 Å². The fourth-order valence-corrected chi connectivity index (χ4v) is 4.70. The number of aryl methyl sites for hydroxylation is 1. The van der Waals surface area contributed by atoms with Gasteiger partial charge in [0, 0.05) is 12.6 Å². The molecule has 2 aliphatic rings. The molecule has 1 unspecified atom stereocenters. The van der Waals surface area contributed by atoms with E-state index in [-0.39, 0.29) is 6.10 Å². The van der Waals surface area contributed by atoms with E-state index in [0.29, 0.717) is 6.04 Å². The smallest absolute Gasteiger partial charge is 0.207 e. The molecule has 0 radical (unpaired) electrons. The van der Waals surface area contributed by atoms with Crippen LogP contribution >= 0.6 is 18.9 Å². The number of hydrogen-bond donors (Lipinski definition) is 0. The normalized spacial score (nSPS) is 34.2. The number of rotatable bonds is 1. The van der Waals surface area contributed by atoms with Crippen molar-refractivity contribution in [2.75, 3.05) is 6.54 Å².